The van der Waals surface area contributed by atoms with Crippen molar-refractivity contribution in [3.05, 3.63) is 29.3 Å². The van der Waals surface area contributed by atoms with Crippen LogP contribution in [0.5, 0.6) is 5.75 Å². The van der Waals surface area contributed by atoms with Gasteiger partial charge in [0.15, 0.2) is 0 Å². The van der Waals surface area contributed by atoms with Crippen LogP contribution in [-0.2, 0) is 11.2 Å². The fourth-order valence-corrected chi connectivity index (χ4v) is 3.83. The van der Waals surface area contributed by atoms with Gasteiger partial charge >= 0.3 is 6.61 Å². The van der Waals surface area contributed by atoms with E-state index in [0.717, 1.165) is 62.5 Å². The standard InChI is InChI=1S/C18H24F2N2O2.ClH/c19-17(20)24-13-7-8-14-12(11-13)5-4-6-15(14)22-16(23)18(21)9-2-1-3-10-18;/h7-8,11,15,17H,1-6,9-10,21H2,(H,22,23);1H. The lowest BCUT2D eigenvalue weighted by Crippen LogP contribution is -2.55. The van der Waals surface area contributed by atoms with Crippen LogP contribution in [0.15, 0.2) is 18.2 Å². The lowest BCUT2D eigenvalue weighted by Gasteiger charge is -2.35. The largest absolute Gasteiger partial charge is 0.435 e. The molecule has 1 unspecified atom stereocenters. The Kier molecular flexibility index (Phi) is 6.63. The van der Waals surface area contributed by atoms with E-state index >= 15 is 0 Å². The predicted molar refractivity (Wildman–Crippen MR) is 94.1 cm³/mol. The highest BCUT2D eigenvalue weighted by Gasteiger charge is 2.37. The number of nitrogens with one attached hydrogen (secondary N) is 1. The van der Waals surface area contributed by atoms with E-state index in [1.807, 2.05) is 0 Å². The second-order valence-corrected chi connectivity index (χ2v) is 6.87. The quantitative estimate of drug-likeness (QED) is 0.841. The number of amides is 1. The van der Waals surface area contributed by atoms with Crippen molar-refractivity contribution < 1.29 is 18.3 Å². The molecule has 1 amide bonds. The molecule has 0 heterocycles. The van der Waals surface area contributed by atoms with E-state index in [-0.39, 0.29) is 30.1 Å². The Morgan fingerprint density at radius 1 is 1.24 bits per heavy atom. The molecule has 0 aromatic heterocycles. The molecule has 1 saturated carbocycles. The Labute approximate surface area is 152 Å². The van der Waals surface area contributed by atoms with Crippen LogP contribution in [-0.4, -0.2) is 18.1 Å². The van der Waals surface area contributed by atoms with Crippen LogP contribution >= 0.6 is 12.4 Å². The van der Waals surface area contributed by atoms with Crippen LogP contribution in [0.25, 0.3) is 0 Å². The van der Waals surface area contributed by atoms with Crippen LogP contribution in [0.4, 0.5) is 8.78 Å². The van der Waals surface area contributed by atoms with Crippen molar-refractivity contribution in [2.75, 3.05) is 0 Å². The summed E-state index contributed by atoms with van der Waals surface area (Å²) in [5, 5.41) is 3.09. The molecule has 4 nitrogen and oxygen atoms in total. The zero-order valence-electron chi connectivity index (χ0n) is 14.1. The molecule has 0 spiro atoms. The SMILES string of the molecule is Cl.NC1(C(=O)NC2CCCc3cc(OC(F)F)ccc32)CCCCC1. The van der Waals surface area contributed by atoms with Crippen LogP contribution in [0.3, 0.4) is 0 Å². The summed E-state index contributed by atoms with van der Waals surface area (Å²) in [6.07, 6.45) is 7.08. The van der Waals surface area contributed by atoms with Gasteiger partial charge in [-0.3, -0.25) is 4.79 Å². The smallest absolute Gasteiger partial charge is 0.387 e. The highest BCUT2D eigenvalue weighted by molar-refractivity contribution is 5.86. The molecule has 7 heteroatoms. The Bertz CT molecular complexity index is 607. The summed E-state index contributed by atoms with van der Waals surface area (Å²) in [6.45, 7) is -2.83. The minimum atomic E-state index is -2.83. The summed E-state index contributed by atoms with van der Waals surface area (Å²) >= 11 is 0. The van der Waals surface area contributed by atoms with E-state index in [4.69, 9.17) is 5.73 Å². The van der Waals surface area contributed by atoms with Gasteiger partial charge < -0.3 is 15.8 Å². The number of carbonyl (C=O) groups excluding carboxylic acids is 1. The summed E-state index contributed by atoms with van der Waals surface area (Å²) in [5.41, 5.74) is 7.47. The minimum absolute atomic E-state index is 0. The molecule has 25 heavy (non-hydrogen) atoms. The molecular formula is C18H25ClF2N2O2. The van der Waals surface area contributed by atoms with E-state index in [9.17, 15) is 13.6 Å². The van der Waals surface area contributed by atoms with Gasteiger partial charge in [-0.2, -0.15) is 8.78 Å². The van der Waals surface area contributed by atoms with Crippen LogP contribution < -0.4 is 15.8 Å². The Morgan fingerprint density at radius 3 is 2.64 bits per heavy atom. The Morgan fingerprint density at radius 2 is 1.96 bits per heavy atom. The van der Waals surface area contributed by atoms with Gasteiger partial charge in [-0.15, -0.1) is 12.4 Å². The first-order valence-electron chi connectivity index (χ1n) is 8.65. The number of fused-ring (bicyclic) bond motifs is 1. The first-order valence-corrected chi connectivity index (χ1v) is 8.65. The maximum Gasteiger partial charge on any atom is 0.387 e. The number of ether oxygens (including phenoxy) is 1. The highest BCUT2D eigenvalue weighted by Crippen LogP contribution is 2.34. The number of rotatable bonds is 4. The van der Waals surface area contributed by atoms with Gasteiger partial charge in [0.1, 0.15) is 5.75 Å². The zero-order valence-corrected chi connectivity index (χ0v) is 14.9. The third-order valence-electron chi connectivity index (χ3n) is 5.16. The van der Waals surface area contributed by atoms with Gasteiger partial charge in [-0.05, 0) is 55.4 Å². The summed E-state index contributed by atoms with van der Waals surface area (Å²) < 4.78 is 29.2. The number of halogens is 3. The lowest BCUT2D eigenvalue weighted by molar-refractivity contribution is -0.128. The first kappa shape index (κ1) is 19.9. The molecule has 3 rings (SSSR count). The van der Waals surface area contributed by atoms with Crippen molar-refractivity contribution >= 4 is 18.3 Å². The van der Waals surface area contributed by atoms with Gasteiger partial charge in [0, 0.05) is 0 Å². The lowest BCUT2D eigenvalue weighted by atomic mass is 9.81. The normalized spacial score (nSPS) is 21.8. The van der Waals surface area contributed by atoms with Gasteiger partial charge in [-0.1, -0.05) is 25.3 Å². The number of aryl methyl sites for hydroxylation is 1. The molecule has 1 atom stereocenters. The minimum Gasteiger partial charge on any atom is -0.435 e. The van der Waals surface area contributed by atoms with Crippen molar-refractivity contribution in [1.82, 2.24) is 5.32 Å². The molecule has 0 saturated heterocycles. The summed E-state index contributed by atoms with van der Waals surface area (Å²) in [6, 6.07) is 4.86. The highest BCUT2D eigenvalue weighted by atomic mass is 35.5. The first-order chi connectivity index (χ1) is 11.5. The molecule has 2 aliphatic carbocycles. The molecular weight excluding hydrogens is 350 g/mol. The van der Waals surface area contributed by atoms with E-state index in [2.05, 4.69) is 10.1 Å². The number of hydrogen-bond donors (Lipinski definition) is 2. The molecule has 3 N–H and O–H groups in total. The average Bonchev–Trinajstić information content (AvgIpc) is 2.55. The Hall–Kier alpha value is -1.40. The fourth-order valence-electron chi connectivity index (χ4n) is 3.83. The van der Waals surface area contributed by atoms with Crippen molar-refractivity contribution in [3.8, 4) is 5.75 Å². The van der Waals surface area contributed by atoms with Crippen LogP contribution in [0.2, 0.25) is 0 Å². The Balaban J connectivity index is 0.00000225. The molecule has 0 bridgehead atoms. The van der Waals surface area contributed by atoms with E-state index in [0.29, 0.717) is 0 Å². The molecule has 1 aromatic carbocycles. The predicted octanol–water partition coefficient (Wildman–Crippen LogP) is 3.87. The van der Waals surface area contributed by atoms with Crippen molar-refractivity contribution in [2.24, 2.45) is 5.73 Å². The second-order valence-electron chi connectivity index (χ2n) is 6.87. The summed E-state index contributed by atoms with van der Waals surface area (Å²) in [4.78, 5) is 12.7. The van der Waals surface area contributed by atoms with E-state index in [1.165, 1.54) is 6.07 Å². The van der Waals surface area contributed by atoms with Crippen LogP contribution in [0, 0.1) is 0 Å². The van der Waals surface area contributed by atoms with Crippen molar-refractivity contribution in [1.29, 1.82) is 0 Å². The third kappa shape index (κ3) is 4.61. The number of benzene rings is 1. The summed E-state index contributed by atoms with van der Waals surface area (Å²) in [7, 11) is 0. The van der Waals surface area contributed by atoms with Gasteiger partial charge in [0.2, 0.25) is 5.91 Å². The van der Waals surface area contributed by atoms with Crippen molar-refractivity contribution in [2.45, 2.75) is 69.6 Å². The molecule has 1 aromatic rings. The van der Waals surface area contributed by atoms with E-state index < -0.39 is 12.2 Å². The molecule has 2 aliphatic rings. The second kappa shape index (κ2) is 8.32. The monoisotopic (exact) mass is 374 g/mol. The molecule has 0 radical (unpaired) electrons. The molecule has 1 fully saturated rings. The third-order valence-corrected chi connectivity index (χ3v) is 5.16. The molecule has 0 aliphatic heterocycles. The van der Waals surface area contributed by atoms with Gasteiger partial charge in [-0.25, -0.2) is 0 Å². The molecule has 140 valence electrons. The average molecular weight is 375 g/mol. The maximum atomic E-state index is 12.7. The summed E-state index contributed by atoms with van der Waals surface area (Å²) in [5.74, 6) is 0.0752. The van der Waals surface area contributed by atoms with E-state index in [1.54, 1.807) is 12.1 Å². The number of alkyl halides is 2. The van der Waals surface area contributed by atoms with Gasteiger partial charge in [0.05, 0.1) is 11.6 Å². The number of hydrogen-bond acceptors (Lipinski definition) is 3. The number of carbonyl (C=O) groups is 1. The van der Waals surface area contributed by atoms with Crippen LogP contribution in [0.1, 0.15) is 62.1 Å². The van der Waals surface area contributed by atoms with Gasteiger partial charge in [0.25, 0.3) is 0 Å². The maximum absolute atomic E-state index is 12.7. The van der Waals surface area contributed by atoms with Crippen molar-refractivity contribution in [3.63, 3.8) is 0 Å². The topological polar surface area (TPSA) is 64.4 Å². The zero-order chi connectivity index (χ0) is 17.2. The fraction of sp³-hybridized carbons (Fsp3) is 0.611. The number of nitrogens with two attached hydrogens (primary N) is 1.